The molecule has 88 valence electrons. The third-order valence-electron chi connectivity index (χ3n) is 2.09. The third-order valence-corrected chi connectivity index (χ3v) is 2.09. The van der Waals surface area contributed by atoms with Crippen molar-refractivity contribution in [2.24, 2.45) is 5.73 Å². The van der Waals surface area contributed by atoms with Crippen LogP contribution < -0.4 is 10.5 Å². The van der Waals surface area contributed by atoms with Gasteiger partial charge in [-0.15, -0.1) is 6.58 Å². The molecule has 0 fully saturated rings. The molecular weight excluding hydrogens is 205 g/mol. The molecule has 0 bridgehead atoms. The predicted molar refractivity (Wildman–Crippen MR) is 63.9 cm³/mol. The summed E-state index contributed by atoms with van der Waals surface area (Å²) < 4.78 is 18.1. The Bertz CT molecular complexity index is 357. The van der Waals surface area contributed by atoms with Crippen molar-refractivity contribution >= 4 is 0 Å². The van der Waals surface area contributed by atoms with Gasteiger partial charge < -0.3 is 10.5 Å². The molecule has 0 heterocycles. The number of ether oxygens (including phenoxy) is 1. The molecule has 0 aromatic heterocycles. The van der Waals surface area contributed by atoms with Gasteiger partial charge in [-0.1, -0.05) is 5.57 Å². The van der Waals surface area contributed by atoms with Gasteiger partial charge in [-0.05, 0) is 44.5 Å². The maximum absolute atomic E-state index is 12.6. The molecule has 1 atom stereocenters. The highest BCUT2D eigenvalue weighted by Gasteiger charge is 2.19. The molecule has 0 aliphatic heterocycles. The highest BCUT2D eigenvalue weighted by molar-refractivity contribution is 5.22. The molecular formula is C13H18FNO. The van der Waals surface area contributed by atoms with Crippen LogP contribution >= 0.6 is 0 Å². The first kappa shape index (κ1) is 12.7. The van der Waals surface area contributed by atoms with E-state index in [1.165, 1.54) is 12.1 Å². The van der Waals surface area contributed by atoms with Crippen molar-refractivity contribution in [1.29, 1.82) is 0 Å². The summed E-state index contributed by atoms with van der Waals surface area (Å²) in [6.45, 7) is 8.04. The Kier molecular flexibility index (Phi) is 4.07. The second-order valence-corrected chi connectivity index (χ2v) is 4.53. The first-order valence-electron chi connectivity index (χ1n) is 5.21. The molecule has 16 heavy (non-hydrogen) atoms. The summed E-state index contributed by atoms with van der Waals surface area (Å²) in [7, 11) is 0. The molecule has 2 N–H and O–H groups in total. The zero-order chi connectivity index (χ0) is 12.2. The summed E-state index contributed by atoms with van der Waals surface area (Å²) in [4.78, 5) is 0. The van der Waals surface area contributed by atoms with Crippen LogP contribution in [0, 0.1) is 5.82 Å². The molecule has 2 nitrogen and oxygen atoms in total. The number of halogens is 1. The van der Waals surface area contributed by atoms with Gasteiger partial charge in [0.25, 0.3) is 0 Å². The van der Waals surface area contributed by atoms with E-state index in [0.29, 0.717) is 18.8 Å². The van der Waals surface area contributed by atoms with Crippen molar-refractivity contribution in [3.63, 3.8) is 0 Å². The fourth-order valence-electron chi connectivity index (χ4n) is 1.52. The normalized spacial score (nSPS) is 14.2. The van der Waals surface area contributed by atoms with Gasteiger partial charge in [0.1, 0.15) is 18.2 Å². The number of nitrogens with two attached hydrogens (primary N) is 1. The van der Waals surface area contributed by atoms with Crippen molar-refractivity contribution in [2.75, 3.05) is 6.61 Å². The lowest BCUT2D eigenvalue weighted by Gasteiger charge is -2.24. The SMILES string of the molecule is C=C(C)CC(C)(N)COc1ccc(F)cc1. The average molecular weight is 223 g/mol. The monoisotopic (exact) mass is 223 g/mol. The summed E-state index contributed by atoms with van der Waals surface area (Å²) in [6, 6.07) is 5.91. The van der Waals surface area contributed by atoms with Crippen molar-refractivity contribution < 1.29 is 9.13 Å². The lowest BCUT2D eigenvalue weighted by atomic mass is 9.96. The van der Waals surface area contributed by atoms with Crippen LogP contribution in [0.4, 0.5) is 4.39 Å². The molecule has 1 rings (SSSR count). The molecule has 0 saturated carbocycles. The Morgan fingerprint density at radius 3 is 2.50 bits per heavy atom. The minimum atomic E-state index is -0.444. The smallest absolute Gasteiger partial charge is 0.123 e. The van der Waals surface area contributed by atoms with Crippen LogP contribution in [0.15, 0.2) is 36.4 Å². The first-order valence-corrected chi connectivity index (χ1v) is 5.21. The second kappa shape index (κ2) is 5.12. The van der Waals surface area contributed by atoms with Crippen molar-refractivity contribution in [2.45, 2.75) is 25.8 Å². The molecule has 0 saturated heterocycles. The molecule has 0 aliphatic rings. The third kappa shape index (κ3) is 4.45. The van der Waals surface area contributed by atoms with Gasteiger partial charge >= 0.3 is 0 Å². The van der Waals surface area contributed by atoms with Crippen LogP contribution in [0.25, 0.3) is 0 Å². The molecule has 1 aromatic rings. The van der Waals surface area contributed by atoms with Gasteiger partial charge in [-0.3, -0.25) is 0 Å². The molecule has 1 unspecified atom stereocenters. The topological polar surface area (TPSA) is 35.2 Å². The maximum Gasteiger partial charge on any atom is 0.123 e. The summed E-state index contributed by atoms with van der Waals surface area (Å²) in [5, 5.41) is 0. The Morgan fingerprint density at radius 1 is 1.44 bits per heavy atom. The van der Waals surface area contributed by atoms with E-state index in [2.05, 4.69) is 6.58 Å². The molecule has 1 aromatic carbocycles. The van der Waals surface area contributed by atoms with Gasteiger partial charge in [0.2, 0.25) is 0 Å². The number of benzene rings is 1. The number of hydrogen-bond donors (Lipinski definition) is 1. The van der Waals surface area contributed by atoms with E-state index in [-0.39, 0.29) is 5.82 Å². The van der Waals surface area contributed by atoms with Crippen LogP contribution in [0.5, 0.6) is 5.75 Å². The Balaban J connectivity index is 2.50. The van der Waals surface area contributed by atoms with E-state index >= 15 is 0 Å². The van der Waals surface area contributed by atoms with E-state index in [1.54, 1.807) is 12.1 Å². The van der Waals surface area contributed by atoms with Crippen LogP contribution in [-0.2, 0) is 0 Å². The lowest BCUT2D eigenvalue weighted by Crippen LogP contribution is -2.42. The van der Waals surface area contributed by atoms with E-state index in [4.69, 9.17) is 10.5 Å². The summed E-state index contributed by atoms with van der Waals surface area (Å²) in [5.41, 5.74) is 6.61. The molecule has 0 aliphatic carbocycles. The predicted octanol–water partition coefficient (Wildman–Crippen LogP) is 2.89. The molecule has 3 heteroatoms. The summed E-state index contributed by atoms with van der Waals surface area (Å²) in [5.74, 6) is 0.351. The lowest BCUT2D eigenvalue weighted by molar-refractivity contribution is 0.229. The van der Waals surface area contributed by atoms with Gasteiger partial charge in [-0.25, -0.2) is 4.39 Å². The van der Waals surface area contributed by atoms with Gasteiger partial charge in [0, 0.05) is 0 Å². The van der Waals surface area contributed by atoms with E-state index < -0.39 is 5.54 Å². The summed E-state index contributed by atoms with van der Waals surface area (Å²) in [6.07, 6.45) is 0.703. The van der Waals surface area contributed by atoms with E-state index in [0.717, 1.165) is 5.57 Å². The second-order valence-electron chi connectivity index (χ2n) is 4.53. The van der Waals surface area contributed by atoms with Crippen LogP contribution in [0.1, 0.15) is 20.3 Å². The van der Waals surface area contributed by atoms with Crippen LogP contribution in [0.3, 0.4) is 0 Å². The van der Waals surface area contributed by atoms with Crippen molar-refractivity contribution in [1.82, 2.24) is 0 Å². The minimum Gasteiger partial charge on any atom is -0.492 e. The van der Waals surface area contributed by atoms with Crippen LogP contribution in [-0.4, -0.2) is 12.1 Å². The standard InChI is InChI=1S/C13H18FNO/c1-10(2)8-13(3,15)9-16-12-6-4-11(14)5-7-12/h4-7H,1,8-9,15H2,2-3H3. The fraction of sp³-hybridized carbons (Fsp3) is 0.385. The molecule has 0 spiro atoms. The molecule has 0 radical (unpaired) electrons. The highest BCUT2D eigenvalue weighted by Crippen LogP contribution is 2.16. The quantitative estimate of drug-likeness (QED) is 0.779. The largest absolute Gasteiger partial charge is 0.492 e. The van der Waals surface area contributed by atoms with E-state index in [1.807, 2.05) is 13.8 Å². The van der Waals surface area contributed by atoms with Crippen molar-refractivity contribution in [3.05, 3.63) is 42.2 Å². The Morgan fingerprint density at radius 2 is 2.00 bits per heavy atom. The van der Waals surface area contributed by atoms with Gasteiger partial charge in [-0.2, -0.15) is 0 Å². The van der Waals surface area contributed by atoms with Gasteiger partial charge in [0.05, 0.1) is 5.54 Å². The zero-order valence-corrected chi connectivity index (χ0v) is 9.79. The highest BCUT2D eigenvalue weighted by atomic mass is 19.1. The average Bonchev–Trinajstić information content (AvgIpc) is 2.15. The van der Waals surface area contributed by atoms with E-state index in [9.17, 15) is 4.39 Å². The zero-order valence-electron chi connectivity index (χ0n) is 9.79. The maximum atomic E-state index is 12.6. The number of rotatable bonds is 5. The minimum absolute atomic E-state index is 0.273. The summed E-state index contributed by atoms with van der Waals surface area (Å²) >= 11 is 0. The van der Waals surface area contributed by atoms with Crippen LogP contribution in [0.2, 0.25) is 0 Å². The Labute approximate surface area is 95.9 Å². The number of hydrogen-bond acceptors (Lipinski definition) is 2. The van der Waals surface area contributed by atoms with Crippen molar-refractivity contribution in [3.8, 4) is 5.75 Å². The van der Waals surface area contributed by atoms with Gasteiger partial charge in [0.15, 0.2) is 0 Å². The Hall–Kier alpha value is -1.35. The fourth-order valence-corrected chi connectivity index (χ4v) is 1.52. The molecule has 0 amide bonds. The first-order chi connectivity index (χ1) is 7.39.